The van der Waals surface area contributed by atoms with Gasteiger partial charge in [0.25, 0.3) is 5.91 Å². The smallest absolute Gasteiger partial charge is 0.251 e. The zero-order chi connectivity index (χ0) is 13.5. The highest BCUT2D eigenvalue weighted by Gasteiger charge is 2.06. The summed E-state index contributed by atoms with van der Waals surface area (Å²) in [5.41, 5.74) is 3.11. The fourth-order valence-corrected chi connectivity index (χ4v) is 1.42. The minimum absolute atomic E-state index is 0.142. The van der Waals surface area contributed by atoms with Crippen molar-refractivity contribution in [2.24, 2.45) is 0 Å². The van der Waals surface area contributed by atoms with Crippen LogP contribution in [0.25, 0.3) is 0 Å². The number of amides is 2. The first-order chi connectivity index (χ1) is 8.49. The summed E-state index contributed by atoms with van der Waals surface area (Å²) in [6.07, 6.45) is 0.234. The summed E-state index contributed by atoms with van der Waals surface area (Å²) in [5, 5.41) is 4.80. The summed E-state index contributed by atoms with van der Waals surface area (Å²) in [6.45, 7) is 0.293. The monoisotopic (exact) mass is 269 g/mol. The molecule has 0 bridgehead atoms. The maximum Gasteiger partial charge on any atom is 0.251 e. The third-order valence-corrected chi connectivity index (χ3v) is 2.34. The van der Waals surface area contributed by atoms with Gasteiger partial charge in [-0.15, -0.1) is 0 Å². The van der Waals surface area contributed by atoms with E-state index in [0.29, 0.717) is 17.1 Å². The van der Waals surface area contributed by atoms with Crippen LogP contribution in [0.2, 0.25) is 5.02 Å². The fraction of sp³-hybridized carbons (Fsp3) is 0.333. The molecule has 0 spiro atoms. The number of hydrazine groups is 1. The van der Waals surface area contributed by atoms with Crippen molar-refractivity contribution < 1.29 is 9.59 Å². The molecule has 0 aliphatic carbocycles. The molecule has 2 amide bonds. The first kappa shape index (κ1) is 14.5. The molecule has 0 saturated heterocycles. The van der Waals surface area contributed by atoms with Gasteiger partial charge in [-0.2, -0.15) is 0 Å². The molecular formula is C12H16ClN3O2. The summed E-state index contributed by atoms with van der Waals surface area (Å²) in [5.74, 6) is -0.360. The Labute approximate surface area is 111 Å². The van der Waals surface area contributed by atoms with Crippen molar-refractivity contribution in [1.29, 1.82) is 0 Å². The summed E-state index contributed by atoms with van der Waals surface area (Å²) in [6, 6.07) is 6.57. The van der Waals surface area contributed by atoms with Crippen molar-refractivity contribution in [2.75, 3.05) is 20.6 Å². The van der Waals surface area contributed by atoms with Gasteiger partial charge in [-0.25, -0.2) is 5.01 Å². The van der Waals surface area contributed by atoms with Gasteiger partial charge in [0.1, 0.15) is 0 Å². The predicted octanol–water partition coefficient (Wildman–Crippen LogP) is 1.05. The van der Waals surface area contributed by atoms with Crippen LogP contribution in [-0.2, 0) is 4.79 Å². The van der Waals surface area contributed by atoms with E-state index in [2.05, 4.69) is 10.7 Å². The van der Waals surface area contributed by atoms with Crippen molar-refractivity contribution in [2.45, 2.75) is 6.42 Å². The van der Waals surface area contributed by atoms with Crippen LogP contribution < -0.4 is 10.7 Å². The maximum atomic E-state index is 11.7. The van der Waals surface area contributed by atoms with Crippen molar-refractivity contribution in [3.05, 3.63) is 34.9 Å². The maximum absolute atomic E-state index is 11.7. The van der Waals surface area contributed by atoms with Crippen LogP contribution >= 0.6 is 11.6 Å². The van der Waals surface area contributed by atoms with E-state index in [1.165, 1.54) is 0 Å². The second-order valence-corrected chi connectivity index (χ2v) is 4.38. The van der Waals surface area contributed by atoms with Crippen molar-refractivity contribution in [3.63, 3.8) is 0 Å². The Morgan fingerprint density at radius 2 is 1.83 bits per heavy atom. The highest BCUT2D eigenvalue weighted by atomic mass is 35.5. The standard InChI is InChI=1S/C12H16ClN3O2/c1-16(2)15-11(17)7-8-14-12(18)9-3-5-10(13)6-4-9/h3-6H,7-8H2,1-2H3,(H,14,18)(H,15,17). The van der Waals surface area contributed by atoms with Gasteiger partial charge in [0.15, 0.2) is 0 Å². The molecule has 2 N–H and O–H groups in total. The molecular weight excluding hydrogens is 254 g/mol. The SMILES string of the molecule is CN(C)NC(=O)CCNC(=O)c1ccc(Cl)cc1. The van der Waals surface area contributed by atoms with E-state index in [9.17, 15) is 9.59 Å². The molecule has 0 aromatic heterocycles. The lowest BCUT2D eigenvalue weighted by atomic mass is 10.2. The number of carbonyl (C=O) groups excluding carboxylic acids is 2. The first-order valence-corrected chi connectivity index (χ1v) is 5.87. The minimum Gasteiger partial charge on any atom is -0.352 e. The molecule has 0 saturated carbocycles. The molecule has 0 aliphatic rings. The average molecular weight is 270 g/mol. The molecule has 1 aromatic rings. The van der Waals surface area contributed by atoms with E-state index in [1.807, 2.05) is 0 Å². The van der Waals surface area contributed by atoms with Gasteiger partial charge in [-0.3, -0.25) is 15.0 Å². The first-order valence-electron chi connectivity index (χ1n) is 5.49. The lowest BCUT2D eigenvalue weighted by molar-refractivity contribution is -0.124. The van der Waals surface area contributed by atoms with Crippen LogP contribution in [0.15, 0.2) is 24.3 Å². The van der Waals surface area contributed by atoms with Gasteiger partial charge in [0.2, 0.25) is 5.91 Å². The molecule has 0 radical (unpaired) electrons. The second-order valence-electron chi connectivity index (χ2n) is 3.94. The van der Waals surface area contributed by atoms with Gasteiger partial charge < -0.3 is 5.32 Å². The molecule has 98 valence electrons. The average Bonchev–Trinajstić information content (AvgIpc) is 2.28. The number of rotatable bonds is 5. The lowest BCUT2D eigenvalue weighted by Gasteiger charge is -2.11. The number of hydrogen-bond acceptors (Lipinski definition) is 3. The third kappa shape index (κ3) is 5.16. The molecule has 0 fully saturated rings. The van der Waals surface area contributed by atoms with Crippen LogP contribution in [0.5, 0.6) is 0 Å². The van der Waals surface area contributed by atoms with Crippen LogP contribution in [0, 0.1) is 0 Å². The van der Waals surface area contributed by atoms with Crippen molar-refractivity contribution in [1.82, 2.24) is 15.8 Å². The predicted molar refractivity (Wildman–Crippen MR) is 70.2 cm³/mol. The van der Waals surface area contributed by atoms with E-state index in [4.69, 9.17) is 11.6 Å². The summed E-state index contributed by atoms with van der Waals surface area (Å²) in [4.78, 5) is 23.0. The molecule has 18 heavy (non-hydrogen) atoms. The van der Waals surface area contributed by atoms with Crippen LogP contribution in [0.3, 0.4) is 0 Å². The zero-order valence-electron chi connectivity index (χ0n) is 10.4. The van der Waals surface area contributed by atoms with Gasteiger partial charge >= 0.3 is 0 Å². The number of halogens is 1. The molecule has 1 aromatic carbocycles. The van der Waals surface area contributed by atoms with Gasteiger partial charge in [-0.05, 0) is 24.3 Å². The fourth-order valence-electron chi connectivity index (χ4n) is 1.30. The number of nitrogens with zero attached hydrogens (tertiary/aromatic N) is 1. The van der Waals surface area contributed by atoms with E-state index >= 15 is 0 Å². The van der Waals surface area contributed by atoms with Crippen LogP contribution in [0.1, 0.15) is 16.8 Å². The van der Waals surface area contributed by atoms with Crippen LogP contribution in [-0.4, -0.2) is 37.5 Å². The van der Waals surface area contributed by atoms with Crippen molar-refractivity contribution >= 4 is 23.4 Å². The van der Waals surface area contributed by atoms with Gasteiger partial charge in [0, 0.05) is 37.6 Å². The topological polar surface area (TPSA) is 61.4 Å². The Morgan fingerprint density at radius 3 is 2.39 bits per heavy atom. The van der Waals surface area contributed by atoms with E-state index in [1.54, 1.807) is 43.4 Å². The summed E-state index contributed by atoms with van der Waals surface area (Å²) < 4.78 is 0. The summed E-state index contributed by atoms with van der Waals surface area (Å²) in [7, 11) is 3.45. The molecule has 0 atom stereocenters. The van der Waals surface area contributed by atoms with Gasteiger partial charge in [0.05, 0.1) is 0 Å². The highest BCUT2D eigenvalue weighted by molar-refractivity contribution is 6.30. The molecule has 0 unspecified atom stereocenters. The van der Waals surface area contributed by atoms with E-state index < -0.39 is 0 Å². The molecule has 6 heteroatoms. The molecule has 0 heterocycles. The number of nitrogens with one attached hydrogen (secondary N) is 2. The molecule has 0 aliphatic heterocycles. The molecule has 5 nitrogen and oxygen atoms in total. The second kappa shape index (κ2) is 6.98. The largest absolute Gasteiger partial charge is 0.352 e. The number of hydrogen-bond donors (Lipinski definition) is 2. The van der Waals surface area contributed by atoms with Gasteiger partial charge in [-0.1, -0.05) is 11.6 Å². The molecule has 1 rings (SSSR count). The minimum atomic E-state index is -0.218. The van der Waals surface area contributed by atoms with Crippen LogP contribution in [0.4, 0.5) is 0 Å². The normalized spacial score (nSPS) is 10.2. The van der Waals surface area contributed by atoms with Crippen molar-refractivity contribution in [3.8, 4) is 0 Å². The van der Waals surface area contributed by atoms with E-state index in [0.717, 1.165) is 0 Å². The Kier molecular flexibility index (Phi) is 5.61. The zero-order valence-corrected chi connectivity index (χ0v) is 11.1. The quantitative estimate of drug-likeness (QED) is 0.786. The van der Waals surface area contributed by atoms with E-state index in [-0.39, 0.29) is 18.2 Å². The Bertz CT molecular complexity index is 418. The highest BCUT2D eigenvalue weighted by Crippen LogP contribution is 2.09. The number of benzene rings is 1. The summed E-state index contributed by atoms with van der Waals surface area (Å²) >= 11 is 5.72. The Morgan fingerprint density at radius 1 is 1.22 bits per heavy atom. The number of carbonyl (C=O) groups is 2. The third-order valence-electron chi connectivity index (χ3n) is 2.09. The Hall–Kier alpha value is -1.59. The Balaban J connectivity index is 2.33. The lowest BCUT2D eigenvalue weighted by Crippen LogP contribution is -2.38.